The van der Waals surface area contributed by atoms with E-state index >= 15 is 0 Å². The molecule has 1 aliphatic heterocycles. The van der Waals surface area contributed by atoms with E-state index in [2.05, 4.69) is 6.92 Å². The number of ether oxygens (including phenoxy) is 1. The third kappa shape index (κ3) is 0.881. The zero-order valence-corrected chi connectivity index (χ0v) is 8.95. The number of ketones is 1. The number of rotatable bonds is 0. The van der Waals surface area contributed by atoms with Gasteiger partial charge >= 0.3 is 0 Å². The normalized spacial score (nSPS) is 56.3. The Morgan fingerprint density at radius 1 is 1.43 bits per heavy atom. The van der Waals surface area contributed by atoms with Gasteiger partial charge in [0.1, 0.15) is 5.78 Å². The Hall–Kier alpha value is -0.370. The lowest BCUT2D eigenvalue weighted by Gasteiger charge is -2.59. The van der Waals surface area contributed by atoms with E-state index in [9.17, 15) is 4.79 Å². The van der Waals surface area contributed by atoms with Crippen molar-refractivity contribution in [1.29, 1.82) is 0 Å². The molecule has 3 aliphatic rings. The van der Waals surface area contributed by atoms with Crippen LogP contribution in [-0.4, -0.2) is 17.5 Å². The molecule has 3 rings (SSSR count). The molecule has 0 N–H and O–H groups in total. The van der Waals surface area contributed by atoms with Crippen LogP contribution in [-0.2, 0) is 9.53 Å². The maximum Gasteiger partial charge on any atom is 0.141 e. The average Bonchev–Trinajstić information content (AvgIpc) is 2.47. The molecule has 0 aromatic rings. The smallest absolute Gasteiger partial charge is 0.141 e. The van der Waals surface area contributed by atoms with Crippen molar-refractivity contribution in [3.63, 3.8) is 0 Å². The molecule has 0 aromatic heterocycles. The highest BCUT2D eigenvalue weighted by atomic mass is 16.5. The van der Waals surface area contributed by atoms with Gasteiger partial charge in [-0.05, 0) is 38.5 Å². The van der Waals surface area contributed by atoms with Crippen LogP contribution in [0.1, 0.15) is 39.5 Å². The molecular weight excluding hydrogens is 176 g/mol. The van der Waals surface area contributed by atoms with Crippen LogP contribution in [0, 0.1) is 17.8 Å². The standard InChI is InChI=1S/C12H18O2/c1-7-6-10(13)11-8-4-3-5-9(8)12(11,2)14-7/h7-9,11H,3-6H2,1-2H3/t7-,8-,9+,11-,12-/m0/s1. The highest BCUT2D eigenvalue weighted by molar-refractivity contribution is 5.85. The van der Waals surface area contributed by atoms with Crippen LogP contribution in [0.15, 0.2) is 0 Å². The van der Waals surface area contributed by atoms with Crippen LogP contribution >= 0.6 is 0 Å². The lowest BCUT2D eigenvalue weighted by molar-refractivity contribution is -0.244. The molecule has 14 heavy (non-hydrogen) atoms. The van der Waals surface area contributed by atoms with Gasteiger partial charge in [-0.15, -0.1) is 0 Å². The second-order valence-corrected chi connectivity index (χ2v) is 5.46. The topological polar surface area (TPSA) is 26.3 Å². The predicted octanol–water partition coefficient (Wildman–Crippen LogP) is 2.17. The van der Waals surface area contributed by atoms with Gasteiger partial charge in [-0.2, -0.15) is 0 Å². The van der Waals surface area contributed by atoms with Gasteiger partial charge < -0.3 is 4.74 Å². The van der Waals surface area contributed by atoms with Crippen LogP contribution in [0.3, 0.4) is 0 Å². The summed E-state index contributed by atoms with van der Waals surface area (Å²) in [5.41, 5.74) is -0.0874. The van der Waals surface area contributed by atoms with Crippen molar-refractivity contribution in [3.8, 4) is 0 Å². The maximum atomic E-state index is 11.9. The number of carbonyl (C=O) groups is 1. The van der Waals surface area contributed by atoms with Gasteiger partial charge in [-0.1, -0.05) is 6.42 Å². The van der Waals surface area contributed by atoms with E-state index in [-0.39, 0.29) is 17.6 Å². The van der Waals surface area contributed by atoms with Crippen molar-refractivity contribution < 1.29 is 9.53 Å². The second-order valence-electron chi connectivity index (χ2n) is 5.46. The highest BCUT2D eigenvalue weighted by Crippen LogP contribution is 2.61. The number of hydrogen-bond donors (Lipinski definition) is 0. The number of carbonyl (C=O) groups excluding carboxylic acids is 1. The number of Topliss-reactive ketones (excluding diaryl/α,β-unsaturated/α-hetero) is 1. The minimum absolute atomic E-state index is 0.0874. The lowest BCUT2D eigenvalue weighted by atomic mass is 9.52. The number of fused-ring (bicyclic) bond motifs is 4. The molecule has 78 valence electrons. The van der Waals surface area contributed by atoms with Crippen LogP contribution in [0.2, 0.25) is 0 Å². The van der Waals surface area contributed by atoms with Gasteiger partial charge in [0.25, 0.3) is 0 Å². The maximum absolute atomic E-state index is 11.9. The van der Waals surface area contributed by atoms with Crippen LogP contribution in [0.5, 0.6) is 0 Å². The fourth-order valence-corrected chi connectivity index (χ4v) is 4.24. The molecule has 0 amide bonds. The summed E-state index contributed by atoms with van der Waals surface area (Å²) in [5, 5.41) is 0. The van der Waals surface area contributed by atoms with Gasteiger partial charge in [0.05, 0.1) is 17.6 Å². The molecule has 2 nitrogen and oxygen atoms in total. The van der Waals surface area contributed by atoms with Crippen molar-refractivity contribution in [2.75, 3.05) is 0 Å². The zero-order chi connectivity index (χ0) is 9.92. The largest absolute Gasteiger partial charge is 0.371 e. The van der Waals surface area contributed by atoms with E-state index in [0.29, 0.717) is 24.0 Å². The first-order valence-corrected chi connectivity index (χ1v) is 5.83. The van der Waals surface area contributed by atoms with Crippen molar-refractivity contribution in [2.24, 2.45) is 17.8 Å². The summed E-state index contributed by atoms with van der Waals surface area (Å²) in [7, 11) is 0. The Kier molecular flexibility index (Phi) is 1.65. The van der Waals surface area contributed by atoms with E-state index in [1.807, 2.05) is 6.92 Å². The minimum atomic E-state index is -0.0874. The molecule has 0 unspecified atom stereocenters. The fourth-order valence-electron chi connectivity index (χ4n) is 4.24. The van der Waals surface area contributed by atoms with E-state index in [1.54, 1.807) is 0 Å². The van der Waals surface area contributed by atoms with Crippen molar-refractivity contribution in [1.82, 2.24) is 0 Å². The molecule has 2 saturated carbocycles. The predicted molar refractivity (Wildman–Crippen MR) is 52.9 cm³/mol. The molecule has 2 heteroatoms. The van der Waals surface area contributed by atoms with E-state index < -0.39 is 0 Å². The van der Waals surface area contributed by atoms with Crippen molar-refractivity contribution in [2.45, 2.75) is 51.2 Å². The Balaban J connectivity index is 1.92. The third-order valence-corrected chi connectivity index (χ3v) is 4.64. The summed E-state index contributed by atoms with van der Waals surface area (Å²) in [5.74, 6) is 2.06. The van der Waals surface area contributed by atoms with Crippen molar-refractivity contribution >= 4 is 5.78 Å². The van der Waals surface area contributed by atoms with Gasteiger partial charge in [-0.3, -0.25) is 4.79 Å². The minimum Gasteiger partial charge on any atom is -0.371 e. The van der Waals surface area contributed by atoms with Crippen LogP contribution in [0.4, 0.5) is 0 Å². The molecule has 0 radical (unpaired) electrons. The van der Waals surface area contributed by atoms with Crippen LogP contribution in [0.25, 0.3) is 0 Å². The van der Waals surface area contributed by atoms with E-state index in [0.717, 1.165) is 0 Å². The Bertz CT molecular complexity index is 286. The van der Waals surface area contributed by atoms with E-state index in [4.69, 9.17) is 4.74 Å². The fraction of sp³-hybridized carbons (Fsp3) is 0.917. The highest BCUT2D eigenvalue weighted by Gasteiger charge is 2.65. The Labute approximate surface area is 85.0 Å². The first-order valence-electron chi connectivity index (χ1n) is 5.83. The monoisotopic (exact) mass is 194 g/mol. The summed E-state index contributed by atoms with van der Waals surface area (Å²) < 4.78 is 6.04. The summed E-state index contributed by atoms with van der Waals surface area (Å²) in [6.45, 7) is 4.19. The van der Waals surface area contributed by atoms with Gasteiger partial charge in [0, 0.05) is 6.42 Å². The quantitative estimate of drug-likeness (QED) is 0.590. The second kappa shape index (κ2) is 2.60. The van der Waals surface area contributed by atoms with Crippen molar-refractivity contribution in [3.05, 3.63) is 0 Å². The molecule has 0 aromatic carbocycles. The molecule has 2 aliphatic carbocycles. The molecule has 1 heterocycles. The summed E-state index contributed by atoms with van der Waals surface area (Å²) in [4.78, 5) is 11.9. The van der Waals surface area contributed by atoms with E-state index in [1.165, 1.54) is 19.3 Å². The first-order chi connectivity index (χ1) is 6.63. The summed E-state index contributed by atoms with van der Waals surface area (Å²) in [6.07, 6.45) is 4.62. The molecule has 0 bridgehead atoms. The Morgan fingerprint density at radius 2 is 2.21 bits per heavy atom. The molecule has 1 saturated heterocycles. The summed E-state index contributed by atoms with van der Waals surface area (Å²) >= 11 is 0. The summed E-state index contributed by atoms with van der Waals surface area (Å²) in [6, 6.07) is 0. The first kappa shape index (κ1) is 8.90. The van der Waals surface area contributed by atoms with Crippen LogP contribution < -0.4 is 0 Å². The molecule has 0 spiro atoms. The lowest BCUT2D eigenvalue weighted by Crippen LogP contribution is -2.66. The Morgan fingerprint density at radius 3 is 3.00 bits per heavy atom. The third-order valence-electron chi connectivity index (χ3n) is 4.64. The average molecular weight is 194 g/mol. The molecule has 3 fully saturated rings. The molecule has 5 atom stereocenters. The zero-order valence-electron chi connectivity index (χ0n) is 8.95. The van der Waals surface area contributed by atoms with Gasteiger partial charge in [0.15, 0.2) is 0 Å². The molecular formula is C12H18O2. The number of hydrogen-bond acceptors (Lipinski definition) is 2. The SMILES string of the molecule is C[C@H]1CC(=O)[C@@H]2[C@H]3CCC[C@H]3[C@]2(C)O1. The van der Waals surface area contributed by atoms with Gasteiger partial charge in [-0.25, -0.2) is 0 Å². The van der Waals surface area contributed by atoms with Gasteiger partial charge in [0.2, 0.25) is 0 Å².